The summed E-state index contributed by atoms with van der Waals surface area (Å²) in [7, 11) is 1.61. The van der Waals surface area contributed by atoms with E-state index in [1.54, 1.807) is 24.5 Å². The molecule has 0 saturated heterocycles. The summed E-state index contributed by atoms with van der Waals surface area (Å²) in [5.41, 5.74) is 2.89. The summed E-state index contributed by atoms with van der Waals surface area (Å²) in [5, 5.41) is 3.94. The Morgan fingerprint density at radius 1 is 1.32 bits per heavy atom. The van der Waals surface area contributed by atoms with Gasteiger partial charge in [-0.25, -0.2) is 9.78 Å². The second kappa shape index (κ2) is 7.44. The molecule has 0 atom stereocenters. The molecule has 0 fully saturated rings. The molecule has 25 heavy (non-hydrogen) atoms. The van der Waals surface area contributed by atoms with Crippen LogP contribution in [0.2, 0.25) is 5.02 Å². The van der Waals surface area contributed by atoms with Gasteiger partial charge in [0.2, 0.25) is 0 Å². The molecule has 130 valence electrons. The van der Waals surface area contributed by atoms with Crippen molar-refractivity contribution in [1.29, 1.82) is 0 Å². The highest BCUT2D eigenvalue weighted by Gasteiger charge is 2.13. The number of hydrogen-bond donors (Lipinski definition) is 1. The van der Waals surface area contributed by atoms with Gasteiger partial charge >= 0.3 is 5.97 Å². The molecular weight excluding hydrogens is 342 g/mol. The first-order valence-corrected chi connectivity index (χ1v) is 8.20. The maximum atomic E-state index is 12.0. The largest absolute Gasteiger partial charge is 0.496 e. The number of anilines is 1. The minimum absolute atomic E-state index is 0.320. The van der Waals surface area contributed by atoms with Crippen LogP contribution in [0.4, 0.5) is 5.69 Å². The Morgan fingerprint density at radius 3 is 2.92 bits per heavy atom. The molecule has 0 spiro atoms. The Hall–Kier alpha value is -2.73. The van der Waals surface area contributed by atoms with Gasteiger partial charge in [-0.15, -0.1) is 0 Å². The van der Waals surface area contributed by atoms with E-state index in [2.05, 4.69) is 10.3 Å². The van der Waals surface area contributed by atoms with Crippen molar-refractivity contribution in [2.24, 2.45) is 0 Å². The Kier molecular flexibility index (Phi) is 5.09. The lowest BCUT2D eigenvalue weighted by molar-refractivity contribution is 0.0518. The van der Waals surface area contributed by atoms with Gasteiger partial charge in [0, 0.05) is 23.3 Å². The fourth-order valence-corrected chi connectivity index (χ4v) is 2.67. The van der Waals surface area contributed by atoms with E-state index in [4.69, 9.17) is 21.1 Å². The van der Waals surface area contributed by atoms with Gasteiger partial charge in [-0.3, -0.25) is 4.40 Å². The molecular formula is C18H18ClN3O3. The molecule has 0 radical (unpaired) electrons. The number of imidazole rings is 1. The SMILES string of the molecule is CCOC(=O)c1cnc2ccc(NCc3ccc(Cl)cc3OC)cn12. The highest BCUT2D eigenvalue weighted by Crippen LogP contribution is 2.24. The second-order valence-electron chi connectivity index (χ2n) is 5.32. The van der Waals surface area contributed by atoms with Crippen LogP contribution in [0, 0.1) is 0 Å². The van der Waals surface area contributed by atoms with Crippen molar-refractivity contribution < 1.29 is 14.3 Å². The Labute approximate surface area is 150 Å². The lowest BCUT2D eigenvalue weighted by Crippen LogP contribution is -2.08. The number of carbonyl (C=O) groups excluding carboxylic acids is 1. The zero-order valence-corrected chi connectivity index (χ0v) is 14.7. The first-order valence-electron chi connectivity index (χ1n) is 7.83. The summed E-state index contributed by atoms with van der Waals surface area (Å²) >= 11 is 5.98. The molecule has 2 heterocycles. The monoisotopic (exact) mass is 359 g/mol. The van der Waals surface area contributed by atoms with Crippen molar-refractivity contribution in [1.82, 2.24) is 9.38 Å². The van der Waals surface area contributed by atoms with E-state index >= 15 is 0 Å². The number of aromatic nitrogens is 2. The molecule has 1 N–H and O–H groups in total. The maximum absolute atomic E-state index is 12.0. The predicted molar refractivity (Wildman–Crippen MR) is 96.5 cm³/mol. The third-order valence-corrected chi connectivity index (χ3v) is 3.96. The smallest absolute Gasteiger partial charge is 0.356 e. The molecule has 2 aromatic heterocycles. The first-order chi connectivity index (χ1) is 12.1. The van der Waals surface area contributed by atoms with Gasteiger partial charge in [-0.2, -0.15) is 0 Å². The standard InChI is InChI=1S/C18H18ClN3O3/c1-3-25-18(23)15-10-21-17-7-6-14(11-22(15)17)20-9-12-4-5-13(19)8-16(12)24-2/h4-8,10-11,20H,3,9H2,1-2H3. The average Bonchev–Trinajstić information content (AvgIpc) is 3.04. The van der Waals surface area contributed by atoms with Crippen LogP contribution in [0.15, 0.2) is 42.7 Å². The third-order valence-electron chi connectivity index (χ3n) is 3.72. The topological polar surface area (TPSA) is 64.9 Å². The van der Waals surface area contributed by atoms with Gasteiger partial charge in [-0.05, 0) is 31.2 Å². The van der Waals surface area contributed by atoms with Crippen LogP contribution in [0.3, 0.4) is 0 Å². The number of ether oxygens (including phenoxy) is 2. The van der Waals surface area contributed by atoms with Crippen LogP contribution >= 0.6 is 11.6 Å². The second-order valence-corrected chi connectivity index (χ2v) is 5.76. The average molecular weight is 360 g/mol. The van der Waals surface area contributed by atoms with Gasteiger partial charge in [0.25, 0.3) is 0 Å². The van der Waals surface area contributed by atoms with E-state index in [1.807, 2.05) is 30.5 Å². The summed E-state index contributed by atoms with van der Waals surface area (Å²) < 4.78 is 12.1. The van der Waals surface area contributed by atoms with E-state index in [-0.39, 0.29) is 0 Å². The zero-order chi connectivity index (χ0) is 17.8. The fourth-order valence-electron chi connectivity index (χ4n) is 2.50. The summed E-state index contributed by atoms with van der Waals surface area (Å²) in [6.07, 6.45) is 3.33. The normalized spacial score (nSPS) is 10.7. The Bertz CT molecular complexity index is 908. The zero-order valence-electron chi connectivity index (χ0n) is 14.0. The Balaban J connectivity index is 1.82. The number of methoxy groups -OCH3 is 1. The van der Waals surface area contributed by atoms with Crippen LogP contribution < -0.4 is 10.1 Å². The van der Waals surface area contributed by atoms with Crippen LogP contribution in [0.25, 0.3) is 5.65 Å². The van der Waals surface area contributed by atoms with E-state index in [0.29, 0.717) is 29.5 Å². The van der Waals surface area contributed by atoms with Crippen molar-refractivity contribution >= 4 is 28.9 Å². The molecule has 0 unspecified atom stereocenters. The minimum atomic E-state index is -0.397. The highest BCUT2D eigenvalue weighted by molar-refractivity contribution is 6.30. The number of rotatable bonds is 6. The molecule has 0 amide bonds. The number of benzene rings is 1. The van der Waals surface area contributed by atoms with Crippen LogP contribution in [-0.4, -0.2) is 29.1 Å². The van der Waals surface area contributed by atoms with Gasteiger partial charge in [0.1, 0.15) is 11.4 Å². The van der Waals surface area contributed by atoms with Crippen LogP contribution in [0.1, 0.15) is 23.0 Å². The highest BCUT2D eigenvalue weighted by atomic mass is 35.5. The molecule has 0 saturated carbocycles. The molecule has 0 aliphatic heterocycles. The van der Waals surface area contributed by atoms with E-state index in [0.717, 1.165) is 17.0 Å². The lowest BCUT2D eigenvalue weighted by atomic mass is 10.2. The number of pyridine rings is 1. The van der Waals surface area contributed by atoms with Crippen LogP contribution in [-0.2, 0) is 11.3 Å². The number of hydrogen-bond acceptors (Lipinski definition) is 5. The van der Waals surface area contributed by atoms with Gasteiger partial charge in [-0.1, -0.05) is 17.7 Å². The van der Waals surface area contributed by atoms with E-state index < -0.39 is 5.97 Å². The van der Waals surface area contributed by atoms with Crippen molar-refractivity contribution in [3.63, 3.8) is 0 Å². The number of fused-ring (bicyclic) bond motifs is 1. The van der Waals surface area contributed by atoms with E-state index in [1.165, 1.54) is 6.20 Å². The summed E-state index contributed by atoms with van der Waals surface area (Å²) in [4.78, 5) is 16.2. The minimum Gasteiger partial charge on any atom is -0.496 e. The molecule has 1 aromatic carbocycles. The number of carbonyl (C=O) groups is 1. The molecule has 3 aromatic rings. The number of halogens is 1. The predicted octanol–water partition coefficient (Wildman–Crippen LogP) is 3.79. The summed E-state index contributed by atoms with van der Waals surface area (Å²) in [6.45, 7) is 2.64. The number of nitrogens with one attached hydrogen (secondary N) is 1. The molecule has 0 aliphatic carbocycles. The van der Waals surface area contributed by atoms with Crippen molar-refractivity contribution in [2.45, 2.75) is 13.5 Å². The fraction of sp³-hybridized carbons (Fsp3) is 0.222. The van der Waals surface area contributed by atoms with Crippen molar-refractivity contribution in [2.75, 3.05) is 19.0 Å². The molecule has 0 bridgehead atoms. The summed E-state index contributed by atoms with van der Waals surface area (Å²) in [5.74, 6) is 0.322. The van der Waals surface area contributed by atoms with Gasteiger partial charge in [0.05, 0.1) is 25.6 Å². The molecule has 3 rings (SSSR count). The van der Waals surface area contributed by atoms with Gasteiger partial charge in [0.15, 0.2) is 5.69 Å². The number of esters is 1. The van der Waals surface area contributed by atoms with Crippen molar-refractivity contribution in [3.8, 4) is 5.75 Å². The molecule has 7 heteroatoms. The quantitative estimate of drug-likeness (QED) is 0.678. The molecule has 0 aliphatic rings. The number of nitrogens with zero attached hydrogens (tertiary/aromatic N) is 2. The Morgan fingerprint density at radius 2 is 2.16 bits per heavy atom. The van der Waals surface area contributed by atoms with Crippen LogP contribution in [0.5, 0.6) is 5.75 Å². The maximum Gasteiger partial charge on any atom is 0.356 e. The lowest BCUT2D eigenvalue weighted by Gasteiger charge is -2.11. The van der Waals surface area contributed by atoms with Gasteiger partial charge < -0.3 is 14.8 Å². The van der Waals surface area contributed by atoms with Crippen molar-refractivity contribution in [3.05, 3.63) is 59.0 Å². The third kappa shape index (κ3) is 3.69. The summed E-state index contributed by atoms with van der Waals surface area (Å²) in [6, 6.07) is 9.24. The molecule has 6 nitrogen and oxygen atoms in total. The first kappa shape index (κ1) is 17.1. The van der Waals surface area contributed by atoms with E-state index in [9.17, 15) is 4.79 Å².